The standard InChI is InChI=1S/C15H19N3O2/c1-19-14-11(3-2-4-13(14)17)12(16)5-7-18-8-6-15(18)9-20-10-15/h2-5,7,16H,6,8-10,17H2,1H3/b7-5-,16-12?. The lowest BCUT2D eigenvalue weighted by Gasteiger charge is -2.57. The van der Waals surface area contributed by atoms with Crippen molar-refractivity contribution in [2.24, 2.45) is 0 Å². The summed E-state index contributed by atoms with van der Waals surface area (Å²) in [6.45, 7) is 2.62. The highest BCUT2D eigenvalue weighted by Crippen LogP contribution is 2.37. The summed E-state index contributed by atoms with van der Waals surface area (Å²) in [6, 6.07) is 5.45. The molecule has 2 fully saturated rings. The van der Waals surface area contributed by atoms with E-state index in [1.807, 2.05) is 18.3 Å². The molecule has 0 radical (unpaired) electrons. The second-order valence-electron chi connectivity index (χ2n) is 5.32. The van der Waals surface area contributed by atoms with Crippen LogP contribution in [0.15, 0.2) is 30.5 Å². The molecule has 3 rings (SSSR count). The average molecular weight is 273 g/mol. The van der Waals surface area contributed by atoms with Crippen molar-refractivity contribution in [2.75, 3.05) is 32.6 Å². The molecule has 5 nitrogen and oxygen atoms in total. The molecule has 0 bridgehead atoms. The van der Waals surface area contributed by atoms with E-state index < -0.39 is 0 Å². The van der Waals surface area contributed by atoms with Crippen LogP contribution in [0.4, 0.5) is 5.69 Å². The number of anilines is 1. The van der Waals surface area contributed by atoms with Gasteiger partial charge >= 0.3 is 0 Å². The lowest BCUT2D eigenvalue weighted by Crippen LogP contribution is -2.68. The molecule has 1 spiro atoms. The molecule has 0 unspecified atom stereocenters. The van der Waals surface area contributed by atoms with Crippen molar-refractivity contribution in [1.82, 2.24) is 4.90 Å². The number of nitrogens with two attached hydrogens (primary N) is 1. The van der Waals surface area contributed by atoms with Crippen molar-refractivity contribution in [2.45, 2.75) is 12.0 Å². The van der Waals surface area contributed by atoms with E-state index in [1.165, 1.54) is 6.42 Å². The average Bonchev–Trinajstić information content (AvgIpc) is 2.35. The van der Waals surface area contributed by atoms with Gasteiger partial charge in [-0.1, -0.05) is 6.07 Å². The minimum Gasteiger partial charge on any atom is -0.494 e. The first-order valence-corrected chi connectivity index (χ1v) is 6.70. The molecule has 3 N–H and O–H groups in total. The Bertz CT molecular complexity index is 559. The number of benzene rings is 1. The number of nitrogens with one attached hydrogen (secondary N) is 1. The largest absolute Gasteiger partial charge is 0.494 e. The molecule has 0 aliphatic carbocycles. The molecule has 2 heterocycles. The number of ether oxygens (including phenoxy) is 2. The SMILES string of the molecule is COc1c(N)cccc1C(=N)/C=C\N1CCC12COC2. The third-order valence-corrected chi connectivity index (χ3v) is 4.13. The first-order valence-electron chi connectivity index (χ1n) is 6.70. The first kappa shape index (κ1) is 13.0. The van der Waals surface area contributed by atoms with Crippen molar-refractivity contribution < 1.29 is 9.47 Å². The summed E-state index contributed by atoms with van der Waals surface area (Å²) in [4.78, 5) is 2.25. The van der Waals surface area contributed by atoms with Gasteiger partial charge in [-0.15, -0.1) is 0 Å². The number of nitrogen functional groups attached to an aromatic ring is 1. The highest BCUT2D eigenvalue weighted by atomic mass is 16.5. The molecule has 0 amide bonds. The van der Waals surface area contributed by atoms with Crippen molar-refractivity contribution in [3.63, 3.8) is 0 Å². The zero-order chi connectivity index (χ0) is 14.2. The van der Waals surface area contributed by atoms with Gasteiger partial charge in [-0.05, 0) is 24.6 Å². The van der Waals surface area contributed by atoms with E-state index in [4.69, 9.17) is 20.6 Å². The normalized spacial score (nSPS) is 19.8. The summed E-state index contributed by atoms with van der Waals surface area (Å²) in [5, 5.41) is 8.19. The summed E-state index contributed by atoms with van der Waals surface area (Å²) in [5.41, 5.74) is 7.73. The van der Waals surface area contributed by atoms with Gasteiger partial charge in [0.15, 0.2) is 5.75 Å². The maximum absolute atomic E-state index is 8.19. The number of likely N-dealkylation sites (tertiary alicyclic amines) is 1. The fourth-order valence-corrected chi connectivity index (χ4v) is 2.69. The Kier molecular flexibility index (Phi) is 3.14. The lowest BCUT2D eigenvalue weighted by molar-refractivity contribution is -0.172. The van der Waals surface area contributed by atoms with E-state index in [0.717, 1.165) is 19.8 Å². The monoisotopic (exact) mass is 273 g/mol. The van der Waals surface area contributed by atoms with E-state index in [2.05, 4.69) is 4.90 Å². The first-order chi connectivity index (χ1) is 9.66. The summed E-state index contributed by atoms with van der Waals surface area (Å²) in [5.74, 6) is 0.562. The number of nitrogens with zero attached hydrogens (tertiary/aromatic N) is 1. The molecule has 0 aromatic heterocycles. The number of para-hydroxylation sites is 1. The molecule has 2 saturated heterocycles. The lowest BCUT2D eigenvalue weighted by atomic mass is 9.83. The minimum atomic E-state index is 0.205. The molecular weight excluding hydrogens is 254 g/mol. The van der Waals surface area contributed by atoms with Crippen LogP contribution in [-0.2, 0) is 4.74 Å². The zero-order valence-corrected chi connectivity index (χ0v) is 11.6. The fraction of sp³-hybridized carbons (Fsp3) is 0.400. The number of rotatable bonds is 4. The summed E-state index contributed by atoms with van der Waals surface area (Å²) < 4.78 is 10.6. The van der Waals surface area contributed by atoms with E-state index in [-0.39, 0.29) is 5.54 Å². The van der Waals surface area contributed by atoms with Gasteiger partial charge in [0, 0.05) is 18.3 Å². The van der Waals surface area contributed by atoms with E-state index in [0.29, 0.717) is 22.7 Å². The highest BCUT2D eigenvalue weighted by Gasteiger charge is 2.49. The zero-order valence-electron chi connectivity index (χ0n) is 11.6. The Hall–Kier alpha value is -2.01. The molecule has 5 heteroatoms. The molecule has 0 saturated carbocycles. The van der Waals surface area contributed by atoms with Gasteiger partial charge < -0.3 is 25.5 Å². The topological polar surface area (TPSA) is 71.6 Å². The Balaban J connectivity index is 1.75. The van der Waals surface area contributed by atoms with Gasteiger partial charge in [0.2, 0.25) is 0 Å². The molecule has 20 heavy (non-hydrogen) atoms. The van der Waals surface area contributed by atoms with Crippen molar-refractivity contribution >= 4 is 11.4 Å². The van der Waals surface area contributed by atoms with Crippen LogP contribution in [0, 0.1) is 5.41 Å². The van der Waals surface area contributed by atoms with Crippen LogP contribution in [0.3, 0.4) is 0 Å². The third-order valence-electron chi connectivity index (χ3n) is 4.13. The number of hydrogen-bond donors (Lipinski definition) is 2. The molecule has 106 valence electrons. The third kappa shape index (κ3) is 1.94. The predicted molar refractivity (Wildman–Crippen MR) is 78.2 cm³/mol. The van der Waals surface area contributed by atoms with Crippen LogP contribution >= 0.6 is 0 Å². The van der Waals surface area contributed by atoms with E-state index in [9.17, 15) is 0 Å². The van der Waals surface area contributed by atoms with Crippen LogP contribution in [0.5, 0.6) is 5.75 Å². The summed E-state index contributed by atoms with van der Waals surface area (Å²) in [7, 11) is 1.57. The number of hydrogen-bond acceptors (Lipinski definition) is 5. The highest BCUT2D eigenvalue weighted by molar-refractivity contribution is 6.09. The van der Waals surface area contributed by atoms with Crippen LogP contribution in [0.1, 0.15) is 12.0 Å². The molecule has 1 aromatic rings. The van der Waals surface area contributed by atoms with Gasteiger partial charge in [-0.25, -0.2) is 0 Å². The van der Waals surface area contributed by atoms with Gasteiger partial charge in [0.25, 0.3) is 0 Å². The van der Waals surface area contributed by atoms with E-state index in [1.54, 1.807) is 19.3 Å². The van der Waals surface area contributed by atoms with Crippen molar-refractivity contribution in [3.8, 4) is 5.75 Å². The van der Waals surface area contributed by atoms with Gasteiger partial charge in [0.05, 0.1) is 37.3 Å². The Labute approximate surface area is 118 Å². The van der Waals surface area contributed by atoms with Crippen molar-refractivity contribution in [1.29, 1.82) is 5.41 Å². The molecular formula is C15H19N3O2. The van der Waals surface area contributed by atoms with Crippen LogP contribution < -0.4 is 10.5 Å². The molecule has 1 aromatic carbocycles. The summed E-state index contributed by atoms with van der Waals surface area (Å²) in [6.07, 6.45) is 4.96. The van der Waals surface area contributed by atoms with Crippen LogP contribution in [0.25, 0.3) is 0 Å². The molecule has 0 atom stereocenters. The predicted octanol–water partition coefficient (Wildman–Crippen LogP) is 1.63. The van der Waals surface area contributed by atoms with Gasteiger partial charge in [-0.3, -0.25) is 0 Å². The Morgan fingerprint density at radius 1 is 1.50 bits per heavy atom. The van der Waals surface area contributed by atoms with Crippen molar-refractivity contribution in [3.05, 3.63) is 36.0 Å². The second kappa shape index (κ2) is 4.83. The van der Waals surface area contributed by atoms with Gasteiger partial charge in [-0.2, -0.15) is 0 Å². The van der Waals surface area contributed by atoms with Gasteiger partial charge in [0.1, 0.15) is 0 Å². The molecule has 2 aliphatic heterocycles. The van der Waals surface area contributed by atoms with Crippen LogP contribution in [-0.4, -0.2) is 43.0 Å². The smallest absolute Gasteiger partial charge is 0.151 e. The minimum absolute atomic E-state index is 0.205. The Morgan fingerprint density at radius 2 is 2.30 bits per heavy atom. The van der Waals surface area contributed by atoms with E-state index >= 15 is 0 Å². The molecule has 2 aliphatic rings. The Morgan fingerprint density at radius 3 is 2.85 bits per heavy atom. The fourth-order valence-electron chi connectivity index (χ4n) is 2.69. The van der Waals surface area contributed by atoms with Crippen LogP contribution in [0.2, 0.25) is 0 Å². The number of methoxy groups -OCH3 is 1. The summed E-state index contributed by atoms with van der Waals surface area (Å²) >= 11 is 0. The second-order valence-corrected chi connectivity index (χ2v) is 5.32. The maximum atomic E-state index is 8.19. The quantitative estimate of drug-likeness (QED) is 0.646. The maximum Gasteiger partial charge on any atom is 0.151 e. The number of allylic oxidation sites excluding steroid dienone is 1.